The topological polar surface area (TPSA) is 31.9 Å². The molecule has 1 heterocycles. The fraction of sp³-hybridized carbons (Fsp3) is 0.625. The number of hydrogen-bond donors (Lipinski definition) is 1. The average molecular weight is 153 g/mol. The Morgan fingerprint density at radius 1 is 1.64 bits per heavy atom. The summed E-state index contributed by atoms with van der Waals surface area (Å²) in [6.07, 6.45) is 3.57. The monoisotopic (exact) mass is 153 g/mol. The molecule has 11 heavy (non-hydrogen) atoms. The summed E-state index contributed by atoms with van der Waals surface area (Å²) in [7, 11) is 2.10. The molecule has 0 unspecified atom stereocenters. The van der Waals surface area contributed by atoms with Crippen LogP contribution in [0.3, 0.4) is 0 Å². The van der Waals surface area contributed by atoms with Gasteiger partial charge in [-0.15, -0.1) is 0 Å². The first-order valence-corrected chi connectivity index (χ1v) is 3.87. The Balaban J connectivity index is 2.43. The molecule has 0 amide bonds. The van der Waals surface area contributed by atoms with Gasteiger partial charge in [-0.3, -0.25) is 4.90 Å². The van der Waals surface area contributed by atoms with Gasteiger partial charge in [0.1, 0.15) is 0 Å². The summed E-state index contributed by atoms with van der Waals surface area (Å²) in [5.74, 6) is 0. The molecule has 0 aromatic carbocycles. The third-order valence-corrected chi connectivity index (χ3v) is 1.86. The minimum Gasteiger partial charge on any atom is -0.347 e. The van der Waals surface area contributed by atoms with E-state index >= 15 is 0 Å². The molecule has 62 valence electrons. The van der Waals surface area contributed by atoms with Crippen molar-refractivity contribution in [2.24, 2.45) is 0 Å². The zero-order chi connectivity index (χ0) is 8.27. The van der Waals surface area contributed by atoms with Gasteiger partial charge in [0.2, 0.25) is 0 Å². The summed E-state index contributed by atoms with van der Waals surface area (Å²) in [6, 6.07) is 0.582. The molecule has 0 saturated heterocycles. The molecule has 0 aliphatic heterocycles. The Bertz CT molecular complexity index is 191. The van der Waals surface area contributed by atoms with Crippen LogP contribution < -0.4 is 0 Å². The number of aromatic nitrogens is 2. The SMILES string of the molecule is CC(C)N(C)Cc1cnc[nH]1. The van der Waals surface area contributed by atoms with E-state index in [0.717, 1.165) is 6.54 Å². The molecular weight excluding hydrogens is 138 g/mol. The van der Waals surface area contributed by atoms with Crippen LogP contribution in [0, 0.1) is 0 Å². The van der Waals surface area contributed by atoms with Gasteiger partial charge in [-0.2, -0.15) is 0 Å². The number of rotatable bonds is 3. The van der Waals surface area contributed by atoms with Crippen molar-refractivity contribution in [2.45, 2.75) is 26.4 Å². The minimum atomic E-state index is 0.582. The van der Waals surface area contributed by atoms with Gasteiger partial charge in [-0.05, 0) is 20.9 Å². The van der Waals surface area contributed by atoms with Crippen LogP contribution in [0.5, 0.6) is 0 Å². The quantitative estimate of drug-likeness (QED) is 0.708. The highest BCUT2D eigenvalue weighted by molar-refractivity contribution is 4.93. The highest BCUT2D eigenvalue weighted by Gasteiger charge is 2.03. The third kappa shape index (κ3) is 2.35. The first kappa shape index (κ1) is 8.27. The van der Waals surface area contributed by atoms with Crippen LogP contribution in [-0.2, 0) is 6.54 Å². The van der Waals surface area contributed by atoms with E-state index in [9.17, 15) is 0 Å². The Labute approximate surface area is 67.4 Å². The lowest BCUT2D eigenvalue weighted by molar-refractivity contribution is 0.263. The van der Waals surface area contributed by atoms with E-state index < -0.39 is 0 Å². The maximum absolute atomic E-state index is 3.95. The lowest BCUT2D eigenvalue weighted by Gasteiger charge is -2.19. The number of aromatic amines is 1. The van der Waals surface area contributed by atoms with Gasteiger partial charge in [-0.1, -0.05) is 0 Å². The molecular formula is C8H15N3. The molecule has 0 radical (unpaired) electrons. The number of nitrogens with one attached hydrogen (secondary N) is 1. The number of nitrogens with zero attached hydrogens (tertiary/aromatic N) is 2. The van der Waals surface area contributed by atoms with Crippen LogP contribution in [0.4, 0.5) is 0 Å². The molecule has 0 bridgehead atoms. The van der Waals surface area contributed by atoms with Gasteiger partial charge >= 0.3 is 0 Å². The van der Waals surface area contributed by atoms with Crippen molar-refractivity contribution in [1.82, 2.24) is 14.9 Å². The normalized spacial score (nSPS) is 11.4. The summed E-state index contributed by atoms with van der Waals surface area (Å²) in [5.41, 5.74) is 1.17. The van der Waals surface area contributed by atoms with E-state index in [2.05, 4.69) is 35.8 Å². The van der Waals surface area contributed by atoms with Crippen molar-refractivity contribution >= 4 is 0 Å². The molecule has 0 saturated carbocycles. The van der Waals surface area contributed by atoms with Crippen molar-refractivity contribution in [3.63, 3.8) is 0 Å². The first-order valence-electron chi connectivity index (χ1n) is 3.87. The second kappa shape index (κ2) is 3.53. The zero-order valence-corrected chi connectivity index (χ0v) is 7.33. The minimum absolute atomic E-state index is 0.582. The van der Waals surface area contributed by atoms with Crippen molar-refractivity contribution in [3.8, 4) is 0 Å². The predicted molar refractivity (Wildman–Crippen MR) is 45.2 cm³/mol. The van der Waals surface area contributed by atoms with Crippen molar-refractivity contribution < 1.29 is 0 Å². The van der Waals surface area contributed by atoms with E-state index in [1.165, 1.54) is 5.69 Å². The van der Waals surface area contributed by atoms with Crippen molar-refractivity contribution in [3.05, 3.63) is 18.2 Å². The highest BCUT2D eigenvalue weighted by atomic mass is 15.1. The summed E-state index contributed by atoms with van der Waals surface area (Å²) in [6.45, 7) is 5.30. The average Bonchev–Trinajstić information content (AvgIpc) is 2.39. The third-order valence-electron chi connectivity index (χ3n) is 1.86. The Morgan fingerprint density at radius 2 is 2.36 bits per heavy atom. The molecule has 1 aromatic heterocycles. The maximum atomic E-state index is 3.95. The Hall–Kier alpha value is -0.830. The van der Waals surface area contributed by atoms with Gasteiger partial charge < -0.3 is 4.98 Å². The van der Waals surface area contributed by atoms with Gasteiger partial charge in [0, 0.05) is 24.5 Å². The zero-order valence-electron chi connectivity index (χ0n) is 7.33. The van der Waals surface area contributed by atoms with E-state index in [0.29, 0.717) is 6.04 Å². The molecule has 3 heteroatoms. The smallest absolute Gasteiger partial charge is 0.0922 e. The van der Waals surface area contributed by atoms with Crippen LogP contribution in [0.1, 0.15) is 19.5 Å². The van der Waals surface area contributed by atoms with Gasteiger partial charge in [0.25, 0.3) is 0 Å². The van der Waals surface area contributed by atoms with Gasteiger partial charge in [0.05, 0.1) is 6.33 Å². The molecule has 0 aliphatic rings. The number of hydrogen-bond acceptors (Lipinski definition) is 2. The number of H-pyrrole nitrogens is 1. The molecule has 0 aliphatic carbocycles. The van der Waals surface area contributed by atoms with E-state index in [1.807, 2.05) is 6.20 Å². The van der Waals surface area contributed by atoms with E-state index in [1.54, 1.807) is 6.33 Å². The molecule has 0 atom stereocenters. The first-order chi connectivity index (χ1) is 5.20. The van der Waals surface area contributed by atoms with Gasteiger partial charge in [0.15, 0.2) is 0 Å². The van der Waals surface area contributed by atoms with E-state index in [-0.39, 0.29) is 0 Å². The second-order valence-electron chi connectivity index (χ2n) is 3.09. The molecule has 1 rings (SSSR count). The maximum Gasteiger partial charge on any atom is 0.0922 e. The molecule has 1 aromatic rings. The predicted octanol–water partition coefficient (Wildman–Crippen LogP) is 1.25. The Morgan fingerprint density at radius 3 is 2.82 bits per heavy atom. The fourth-order valence-corrected chi connectivity index (χ4v) is 0.822. The largest absolute Gasteiger partial charge is 0.347 e. The molecule has 0 spiro atoms. The molecule has 0 fully saturated rings. The lowest BCUT2D eigenvalue weighted by Crippen LogP contribution is -2.25. The van der Waals surface area contributed by atoms with Crippen LogP contribution in [0.25, 0.3) is 0 Å². The standard InChI is InChI=1S/C8H15N3/c1-7(2)11(3)5-8-4-9-6-10-8/h4,6-7H,5H2,1-3H3,(H,9,10). The van der Waals surface area contributed by atoms with Crippen molar-refractivity contribution in [2.75, 3.05) is 7.05 Å². The van der Waals surface area contributed by atoms with Crippen LogP contribution in [0.15, 0.2) is 12.5 Å². The van der Waals surface area contributed by atoms with E-state index in [4.69, 9.17) is 0 Å². The summed E-state index contributed by atoms with van der Waals surface area (Å²) in [5, 5.41) is 0. The van der Waals surface area contributed by atoms with Crippen LogP contribution in [0.2, 0.25) is 0 Å². The molecule has 3 nitrogen and oxygen atoms in total. The summed E-state index contributed by atoms with van der Waals surface area (Å²) in [4.78, 5) is 9.28. The highest BCUT2D eigenvalue weighted by Crippen LogP contribution is 2.00. The Kier molecular flexibility index (Phi) is 2.65. The fourth-order valence-electron chi connectivity index (χ4n) is 0.822. The second-order valence-corrected chi connectivity index (χ2v) is 3.09. The number of imidazole rings is 1. The molecule has 1 N–H and O–H groups in total. The van der Waals surface area contributed by atoms with Crippen LogP contribution >= 0.6 is 0 Å². The van der Waals surface area contributed by atoms with Gasteiger partial charge in [-0.25, -0.2) is 4.98 Å². The van der Waals surface area contributed by atoms with Crippen LogP contribution in [-0.4, -0.2) is 28.0 Å². The lowest BCUT2D eigenvalue weighted by atomic mass is 10.3. The summed E-state index contributed by atoms with van der Waals surface area (Å²) < 4.78 is 0. The summed E-state index contributed by atoms with van der Waals surface area (Å²) >= 11 is 0. The van der Waals surface area contributed by atoms with Crippen molar-refractivity contribution in [1.29, 1.82) is 0 Å².